The van der Waals surface area contributed by atoms with Crippen molar-refractivity contribution >= 4 is 40.4 Å². The largest absolute Gasteiger partial charge is 0.490 e. The summed E-state index contributed by atoms with van der Waals surface area (Å²) in [4.78, 5) is 12.3. The lowest BCUT2D eigenvalue weighted by Crippen LogP contribution is -2.26. The van der Waals surface area contributed by atoms with Gasteiger partial charge in [-0.3, -0.25) is 4.79 Å². The summed E-state index contributed by atoms with van der Waals surface area (Å²) >= 11 is 13.1. The number of carbonyl (C=O) groups is 1. The Balaban J connectivity index is 2.16. The standard InChI is InChI=1S/C17H19Cl2NO3S/c1-4-22-13-7-6-11(8-14(13)23-5-2)10(3)20-17(21)12-9-15(18)24-16(12)19/h6-10H,4-5H2,1-3H3,(H,20,21). The van der Waals surface area contributed by atoms with Gasteiger partial charge in [-0.2, -0.15) is 0 Å². The van der Waals surface area contributed by atoms with Crippen LogP contribution in [0.3, 0.4) is 0 Å². The van der Waals surface area contributed by atoms with E-state index in [2.05, 4.69) is 5.32 Å². The Kier molecular flexibility index (Phi) is 6.78. The van der Waals surface area contributed by atoms with Crippen LogP contribution in [0.4, 0.5) is 0 Å². The van der Waals surface area contributed by atoms with E-state index in [4.69, 9.17) is 32.7 Å². The highest BCUT2D eigenvalue weighted by Gasteiger charge is 2.18. The summed E-state index contributed by atoms with van der Waals surface area (Å²) in [6.45, 7) is 6.82. The fourth-order valence-corrected chi connectivity index (χ4v) is 3.65. The first-order valence-electron chi connectivity index (χ1n) is 7.61. The molecule has 2 aromatic rings. The SMILES string of the molecule is CCOc1ccc(C(C)NC(=O)c2cc(Cl)sc2Cl)cc1OCC. The van der Waals surface area contributed by atoms with E-state index in [0.29, 0.717) is 38.9 Å². The molecule has 1 heterocycles. The Morgan fingerprint density at radius 2 is 1.83 bits per heavy atom. The minimum absolute atomic E-state index is 0.220. The number of hydrogen-bond acceptors (Lipinski definition) is 4. The van der Waals surface area contributed by atoms with Crippen molar-refractivity contribution in [3.8, 4) is 11.5 Å². The van der Waals surface area contributed by atoms with Gasteiger partial charge in [-0.15, -0.1) is 11.3 Å². The molecule has 0 saturated carbocycles. The predicted octanol–water partition coefficient (Wildman–Crippen LogP) is 5.34. The van der Waals surface area contributed by atoms with Crippen molar-refractivity contribution in [3.05, 3.63) is 44.1 Å². The zero-order chi connectivity index (χ0) is 17.7. The fourth-order valence-electron chi connectivity index (χ4n) is 2.19. The second kappa shape index (κ2) is 8.60. The number of ether oxygens (including phenoxy) is 2. The molecule has 1 amide bonds. The minimum atomic E-state index is -0.262. The summed E-state index contributed by atoms with van der Waals surface area (Å²) < 4.78 is 12.0. The Bertz CT molecular complexity index is 718. The Labute approximate surface area is 155 Å². The summed E-state index contributed by atoms with van der Waals surface area (Å²) in [5.41, 5.74) is 1.29. The molecule has 0 radical (unpaired) electrons. The molecule has 1 aromatic carbocycles. The molecular weight excluding hydrogens is 369 g/mol. The third kappa shape index (κ3) is 4.56. The smallest absolute Gasteiger partial charge is 0.254 e. The van der Waals surface area contributed by atoms with Crippen molar-refractivity contribution in [2.45, 2.75) is 26.8 Å². The van der Waals surface area contributed by atoms with Gasteiger partial charge in [0.05, 0.1) is 29.2 Å². The van der Waals surface area contributed by atoms with Crippen molar-refractivity contribution in [2.75, 3.05) is 13.2 Å². The van der Waals surface area contributed by atoms with E-state index in [9.17, 15) is 4.79 Å². The van der Waals surface area contributed by atoms with E-state index in [1.54, 1.807) is 6.07 Å². The van der Waals surface area contributed by atoms with Crippen LogP contribution in [0, 0.1) is 0 Å². The first kappa shape index (κ1) is 18.9. The van der Waals surface area contributed by atoms with E-state index < -0.39 is 0 Å². The predicted molar refractivity (Wildman–Crippen MR) is 99.0 cm³/mol. The number of nitrogens with one attached hydrogen (secondary N) is 1. The molecule has 0 aliphatic heterocycles. The molecule has 1 atom stereocenters. The fraction of sp³-hybridized carbons (Fsp3) is 0.353. The second-order valence-electron chi connectivity index (χ2n) is 5.01. The molecule has 0 spiro atoms. The van der Waals surface area contributed by atoms with Crippen LogP contribution in [-0.2, 0) is 0 Å². The van der Waals surface area contributed by atoms with E-state index >= 15 is 0 Å². The van der Waals surface area contributed by atoms with Crippen LogP contribution >= 0.6 is 34.5 Å². The summed E-state index contributed by atoms with van der Waals surface area (Å²) in [5, 5.41) is 2.92. The Morgan fingerprint density at radius 3 is 2.42 bits per heavy atom. The van der Waals surface area contributed by atoms with Crippen LogP contribution < -0.4 is 14.8 Å². The molecule has 0 bridgehead atoms. The highest BCUT2D eigenvalue weighted by Crippen LogP contribution is 2.33. The first-order chi connectivity index (χ1) is 11.5. The molecule has 0 fully saturated rings. The van der Waals surface area contributed by atoms with Crippen LogP contribution in [0.1, 0.15) is 42.7 Å². The molecule has 1 unspecified atom stereocenters. The normalized spacial score (nSPS) is 11.9. The van der Waals surface area contributed by atoms with Gasteiger partial charge in [0, 0.05) is 0 Å². The Morgan fingerprint density at radius 1 is 1.17 bits per heavy atom. The van der Waals surface area contributed by atoms with Gasteiger partial charge in [0.1, 0.15) is 4.34 Å². The lowest BCUT2D eigenvalue weighted by atomic mass is 10.1. The minimum Gasteiger partial charge on any atom is -0.490 e. The third-order valence-electron chi connectivity index (χ3n) is 3.32. The molecule has 0 saturated heterocycles. The van der Waals surface area contributed by atoms with Gasteiger partial charge < -0.3 is 14.8 Å². The number of hydrogen-bond donors (Lipinski definition) is 1. The zero-order valence-electron chi connectivity index (χ0n) is 13.7. The average molecular weight is 388 g/mol. The van der Waals surface area contributed by atoms with Crippen molar-refractivity contribution in [2.24, 2.45) is 0 Å². The van der Waals surface area contributed by atoms with Crippen molar-refractivity contribution in [1.82, 2.24) is 5.32 Å². The van der Waals surface area contributed by atoms with Crippen LogP contribution in [-0.4, -0.2) is 19.1 Å². The maximum absolute atomic E-state index is 12.3. The molecule has 24 heavy (non-hydrogen) atoms. The van der Waals surface area contributed by atoms with Crippen LogP contribution in [0.25, 0.3) is 0 Å². The maximum atomic E-state index is 12.3. The van der Waals surface area contributed by atoms with Gasteiger partial charge in [-0.05, 0) is 44.5 Å². The molecule has 7 heteroatoms. The summed E-state index contributed by atoms with van der Waals surface area (Å²) in [7, 11) is 0. The number of carbonyl (C=O) groups excluding carboxylic acids is 1. The number of rotatable bonds is 7. The van der Waals surface area contributed by atoms with Crippen molar-refractivity contribution in [3.63, 3.8) is 0 Å². The topological polar surface area (TPSA) is 47.6 Å². The molecule has 2 rings (SSSR count). The summed E-state index contributed by atoms with van der Waals surface area (Å²) in [6.07, 6.45) is 0. The summed E-state index contributed by atoms with van der Waals surface area (Å²) in [5.74, 6) is 1.09. The lowest BCUT2D eigenvalue weighted by molar-refractivity contribution is 0.0940. The number of benzene rings is 1. The molecular formula is C17H19Cl2NO3S. The average Bonchev–Trinajstić information content (AvgIpc) is 2.88. The van der Waals surface area contributed by atoms with Crippen molar-refractivity contribution in [1.29, 1.82) is 0 Å². The van der Waals surface area contributed by atoms with Crippen LogP contribution in [0.15, 0.2) is 24.3 Å². The first-order valence-corrected chi connectivity index (χ1v) is 9.18. The number of amides is 1. The van der Waals surface area contributed by atoms with Gasteiger partial charge in [0.15, 0.2) is 11.5 Å². The van der Waals surface area contributed by atoms with Gasteiger partial charge in [-0.25, -0.2) is 0 Å². The van der Waals surface area contributed by atoms with Gasteiger partial charge in [0.2, 0.25) is 0 Å². The molecule has 0 aliphatic carbocycles. The zero-order valence-corrected chi connectivity index (χ0v) is 16.0. The Hall–Kier alpha value is -1.43. The van der Waals surface area contributed by atoms with Gasteiger partial charge >= 0.3 is 0 Å². The van der Waals surface area contributed by atoms with Crippen LogP contribution in [0.2, 0.25) is 8.67 Å². The second-order valence-corrected chi connectivity index (χ2v) is 7.29. The highest BCUT2D eigenvalue weighted by molar-refractivity contribution is 7.20. The quantitative estimate of drug-likeness (QED) is 0.696. The monoisotopic (exact) mass is 387 g/mol. The van der Waals surface area contributed by atoms with Gasteiger partial charge in [-0.1, -0.05) is 29.3 Å². The third-order valence-corrected chi connectivity index (χ3v) is 4.80. The summed E-state index contributed by atoms with van der Waals surface area (Å²) in [6, 6.07) is 6.98. The molecule has 4 nitrogen and oxygen atoms in total. The molecule has 1 N–H and O–H groups in total. The van der Waals surface area contributed by atoms with E-state index in [1.807, 2.05) is 39.0 Å². The van der Waals surface area contributed by atoms with Crippen molar-refractivity contribution < 1.29 is 14.3 Å². The maximum Gasteiger partial charge on any atom is 0.254 e. The highest BCUT2D eigenvalue weighted by atomic mass is 35.5. The van der Waals surface area contributed by atoms with E-state index in [0.717, 1.165) is 5.56 Å². The lowest BCUT2D eigenvalue weighted by Gasteiger charge is -2.17. The molecule has 130 valence electrons. The number of thiophene rings is 1. The molecule has 0 aliphatic rings. The molecule has 1 aromatic heterocycles. The van der Waals surface area contributed by atoms with Crippen LogP contribution in [0.5, 0.6) is 11.5 Å². The van der Waals surface area contributed by atoms with E-state index in [-0.39, 0.29) is 11.9 Å². The van der Waals surface area contributed by atoms with Gasteiger partial charge in [0.25, 0.3) is 5.91 Å². The number of halogens is 2. The van der Waals surface area contributed by atoms with E-state index in [1.165, 1.54) is 11.3 Å².